The van der Waals surface area contributed by atoms with E-state index < -0.39 is 5.72 Å². The summed E-state index contributed by atoms with van der Waals surface area (Å²) < 4.78 is 0. The number of likely N-dealkylation sites (tertiary alicyclic amines) is 1. The third-order valence-electron chi connectivity index (χ3n) is 5.74. The van der Waals surface area contributed by atoms with Gasteiger partial charge in [0.05, 0.1) is 0 Å². The highest BCUT2D eigenvalue weighted by Gasteiger charge is 2.62. The Morgan fingerprint density at radius 2 is 1.74 bits per heavy atom. The number of fused-ring (bicyclic) bond motifs is 1. The zero-order valence-corrected chi connectivity index (χ0v) is 12.3. The van der Waals surface area contributed by atoms with Crippen LogP contribution in [0.15, 0.2) is 30.3 Å². The van der Waals surface area contributed by atoms with Crippen LogP contribution >= 0.6 is 0 Å². The van der Waals surface area contributed by atoms with Crippen LogP contribution in [0.3, 0.4) is 0 Å². The molecule has 0 spiro atoms. The minimum Gasteiger partial charge on any atom is -0.371 e. The Morgan fingerprint density at radius 3 is 2.37 bits per heavy atom. The van der Waals surface area contributed by atoms with Crippen LogP contribution in [0.4, 0.5) is 0 Å². The number of benzene rings is 1. The van der Waals surface area contributed by atoms with Crippen molar-refractivity contribution in [2.45, 2.75) is 51.3 Å². The van der Waals surface area contributed by atoms with E-state index >= 15 is 0 Å². The van der Waals surface area contributed by atoms with Crippen LogP contribution in [-0.4, -0.2) is 23.1 Å². The first-order valence-corrected chi connectivity index (χ1v) is 7.50. The zero-order chi connectivity index (χ0) is 13.7. The third kappa shape index (κ3) is 1.63. The summed E-state index contributed by atoms with van der Waals surface area (Å²) in [7, 11) is 2.10. The van der Waals surface area contributed by atoms with E-state index in [0.29, 0.717) is 12.0 Å². The largest absolute Gasteiger partial charge is 0.371 e. The van der Waals surface area contributed by atoms with Crippen molar-refractivity contribution in [2.24, 2.45) is 11.3 Å². The molecule has 1 N–H and O–H groups in total. The van der Waals surface area contributed by atoms with E-state index in [1.807, 2.05) is 18.2 Å². The molecular formula is C17H25NO. The average molecular weight is 259 g/mol. The van der Waals surface area contributed by atoms with Crippen molar-refractivity contribution in [2.75, 3.05) is 7.05 Å². The molecule has 19 heavy (non-hydrogen) atoms. The molecule has 1 aliphatic heterocycles. The van der Waals surface area contributed by atoms with Crippen LogP contribution in [0.1, 0.15) is 45.1 Å². The first-order chi connectivity index (χ1) is 8.99. The Kier molecular flexibility index (Phi) is 2.99. The van der Waals surface area contributed by atoms with Gasteiger partial charge in [0.25, 0.3) is 0 Å². The van der Waals surface area contributed by atoms with Crippen LogP contribution in [0, 0.1) is 11.3 Å². The van der Waals surface area contributed by atoms with Crippen LogP contribution < -0.4 is 0 Å². The van der Waals surface area contributed by atoms with Gasteiger partial charge < -0.3 is 5.11 Å². The monoisotopic (exact) mass is 259 g/mol. The molecule has 3 unspecified atom stereocenters. The lowest BCUT2D eigenvalue weighted by atomic mass is 9.66. The van der Waals surface area contributed by atoms with Gasteiger partial charge in [0.1, 0.15) is 5.72 Å². The minimum absolute atomic E-state index is 0.103. The summed E-state index contributed by atoms with van der Waals surface area (Å²) in [6.45, 7) is 4.49. The summed E-state index contributed by atoms with van der Waals surface area (Å²) in [6, 6.07) is 10.7. The Balaban J connectivity index is 2.09. The number of rotatable bonds is 1. The van der Waals surface area contributed by atoms with Crippen molar-refractivity contribution < 1.29 is 5.11 Å². The molecule has 0 radical (unpaired) electrons. The van der Waals surface area contributed by atoms with Gasteiger partial charge in [-0.25, -0.2) is 0 Å². The molecule has 1 aromatic rings. The number of hydrogen-bond donors (Lipinski definition) is 1. The standard InChI is InChI=1S/C17H25NO/c1-16(2)14-11-7-8-12-15(14)18(3)17(16,19)13-9-5-4-6-10-13/h4-6,9-10,14-15,19H,7-8,11-12H2,1-3H3. The van der Waals surface area contributed by atoms with Gasteiger partial charge in [-0.1, -0.05) is 57.0 Å². The second kappa shape index (κ2) is 4.32. The van der Waals surface area contributed by atoms with Crippen molar-refractivity contribution in [3.8, 4) is 0 Å². The van der Waals surface area contributed by atoms with Gasteiger partial charge in [-0.05, 0) is 31.4 Å². The summed E-state index contributed by atoms with van der Waals surface area (Å²) in [5, 5.41) is 11.5. The van der Waals surface area contributed by atoms with Crippen molar-refractivity contribution in [3.63, 3.8) is 0 Å². The summed E-state index contributed by atoms with van der Waals surface area (Å²) in [6.07, 6.45) is 5.08. The fraction of sp³-hybridized carbons (Fsp3) is 0.647. The zero-order valence-electron chi connectivity index (χ0n) is 12.3. The van der Waals surface area contributed by atoms with Crippen molar-refractivity contribution in [3.05, 3.63) is 35.9 Å². The van der Waals surface area contributed by atoms with Gasteiger partial charge in [0, 0.05) is 11.5 Å². The highest BCUT2D eigenvalue weighted by Crippen LogP contribution is 2.58. The second-order valence-electron chi connectivity index (χ2n) is 6.83. The fourth-order valence-corrected chi connectivity index (χ4v) is 4.62. The predicted octanol–water partition coefficient (Wildman–Crippen LogP) is 3.36. The van der Waals surface area contributed by atoms with Gasteiger partial charge in [0.15, 0.2) is 0 Å². The van der Waals surface area contributed by atoms with E-state index in [1.165, 1.54) is 25.7 Å². The van der Waals surface area contributed by atoms with Crippen molar-refractivity contribution in [1.82, 2.24) is 4.90 Å². The van der Waals surface area contributed by atoms with Gasteiger partial charge in [0.2, 0.25) is 0 Å². The summed E-state index contributed by atoms with van der Waals surface area (Å²) in [4.78, 5) is 2.24. The predicted molar refractivity (Wildman–Crippen MR) is 77.6 cm³/mol. The SMILES string of the molecule is CN1C2CCCCC2C(C)(C)C1(O)c1ccccc1. The Morgan fingerprint density at radius 1 is 1.11 bits per heavy atom. The van der Waals surface area contributed by atoms with E-state index in [9.17, 15) is 5.11 Å². The molecule has 0 aromatic heterocycles. The van der Waals surface area contributed by atoms with Gasteiger partial charge >= 0.3 is 0 Å². The van der Waals surface area contributed by atoms with E-state index in [1.54, 1.807) is 0 Å². The fourth-order valence-electron chi connectivity index (χ4n) is 4.62. The molecular weight excluding hydrogens is 234 g/mol. The lowest BCUT2D eigenvalue weighted by molar-refractivity contribution is -0.151. The molecule has 3 rings (SSSR count). The quantitative estimate of drug-likeness (QED) is 0.836. The lowest BCUT2D eigenvalue weighted by Gasteiger charge is -2.42. The molecule has 2 aliphatic rings. The Hall–Kier alpha value is -0.860. The molecule has 0 bridgehead atoms. The van der Waals surface area contributed by atoms with Crippen molar-refractivity contribution in [1.29, 1.82) is 0 Å². The first kappa shape index (κ1) is 13.1. The van der Waals surface area contributed by atoms with Crippen LogP contribution in [0.5, 0.6) is 0 Å². The summed E-state index contributed by atoms with van der Waals surface area (Å²) in [5.41, 5.74) is 0.0965. The molecule has 104 valence electrons. The number of hydrogen-bond acceptors (Lipinski definition) is 2. The molecule has 2 heteroatoms. The Bertz CT molecular complexity index is 456. The molecule has 1 saturated heterocycles. The molecule has 1 saturated carbocycles. The first-order valence-electron chi connectivity index (χ1n) is 7.50. The molecule has 3 atom stereocenters. The van der Waals surface area contributed by atoms with Gasteiger partial charge in [-0.15, -0.1) is 0 Å². The van der Waals surface area contributed by atoms with Crippen LogP contribution in [0.25, 0.3) is 0 Å². The maximum absolute atomic E-state index is 11.5. The number of nitrogens with zero attached hydrogens (tertiary/aromatic N) is 1. The maximum Gasteiger partial charge on any atom is 0.150 e. The van der Waals surface area contributed by atoms with Crippen molar-refractivity contribution >= 4 is 0 Å². The lowest BCUT2D eigenvalue weighted by Crippen LogP contribution is -2.48. The minimum atomic E-state index is -0.839. The highest BCUT2D eigenvalue weighted by molar-refractivity contribution is 5.28. The van der Waals surface area contributed by atoms with Gasteiger partial charge in [-0.3, -0.25) is 4.90 Å². The van der Waals surface area contributed by atoms with E-state index in [2.05, 4.69) is 37.9 Å². The normalized spacial score (nSPS) is 38.1. The molecule has 1 aliphatic carbocycles. The third-order valence-corrected chi connectivity index (χ3v) is 5.74. The van der Waals surface area contributed by atoms with E-state index in [-0.39, 0.29) is 5.41 Å². The van der Waals surface area contributed by atoms with Gasteiger partial charge in [-0.2, -0.15) is 0 Å². The molecule has 2 nitrogen and oxygen atoms in total. The highest BCUT2D eigenvalue weighted by atomic mass is 16.3. The second-order valence-corrected chi connectivity index (χ2v) is 6.83. The summed E-state index contributed by atoms with van der Waals surface area (Å²) in [5.74, 6) is 0.594. The molecule has 1 heterocycles. The molecule has 0 amide bonds. The van der Waals surface area contributed by atoms with Crippen LogP contribution in [0.2, 0.25) is 0 Å². The molecule has 2 fully saturated rings. The van der Waals surface area contributed by atoms with Crippen LogP contribution in [-0.2, 0) is 5.72 Å². The van der Waals surface area contributed by atoms with E-state index in [4.69, 9.17) is 0 Å². The smallest absolute Gasteiger partial charge is 0.150 e. The summed E-state index contributed by atoms with van der Waals surface area (Å²) >= 11 is 0. The maximum atomic E-state index is 11.5. The average Bonchev–Trinajstić information content (AvgIpc) is 2.60. The number of aliphatic hydroxyl groups is 1. The molecule has 1 aromatic carbocycles. The van der Waals surface area contributed by atoms with E-state index in [0.717, 1.165) is 5.56 Å². The topological polar surface area (TPSA) is 23.5 Å². The Labute approximate surface area is 116 Å².